The van der Waals surface area contributed by atoms with Gasteiger partial charge in [-0.2, -0.15) is 0 Å². The number of benzene rings is 2. The first-order chi connectivity index (χ1) is 15.6. The van der Waals surface area contributed by atoms with Gasteiger partial charge in [-0.1, -0.05) is 30.4 Å². The predicted octanol–water partition coefficient (Wildman–Crippen LogP) is 2.73. The summed E-state index contributed by atoms with van der Waals surface area (Å²) >= 11 is 0. The van der Waals surface area contributed by atoms with E-state index in [9.17, 15) is 9.59 Å². The summed E-state index contributed by atoms with van der Waals surface area (Å²) in [7, 11) is 3.10. The fourth-order valence-corrected chi connectivity index (χ4v) is 5.74. The molecule has 0 spiro atoms. The Balaban J connectivity index is 1.49. The van der Waals surface area contributed by atoms with Crippen LogP contribution in [0.25, 0.3) is 6.08 Å². The van der Waals surface area contributed by atoms with Crippen molar-refractivity contribution in [3.8, 4) is 11.5 Å². The molecule has 7 heteroatoms. The van der Waals surface area contributed by atoms with E-state index in [1.54, 1.807) is 32.4 Å². The van der Waals surface area contributed by atoms with Crippen LogP contribution in [-0.2, 0) is 14.3 Å². The number of methoxy groups -OCH3 is 2. The van der Waals surface area contributed by atoms with Gasteiger partial charge in [-0.15, -0.1) is 0 Å². The van der Waals surface area contributed by atoms with Crippen LogP contribution in [0.1, 0.15) is 15.9 Å². The minimum atomic E-state index is -0.830. The van der Waals surface area contributed by atoms with Gasteiger partial charge in [-0.05, 0) is 29.8 Å². The molecule has 4 heterocycles. The lowest BCUT2D eigenvalue weighted by molar-refractivity contribution is -0.163. The number of ketones is 2. The smallest absolute Gasteiger partial charge is 0.218 e. The lowest BCUT2D eigenvalue weighted by atomic mass is 9.77. The monoisotopic (exact) mass is 433 g/mol. The van der Waals surface area contributed by atoms with E-state index in [2.05, 4.69) is 4.90 Å². The second-order valence-electron chi connectivity index (χ2n) is 8.54. The van der Waals surface area contributed by atoms with Crippen molar-refractivity contribution in [2.45, 2.75) is 24.5 Å². The summed E-state index contributed by atoms with van der Waals surface area (Å²) in [4.78, 5) is 29.4. The van der Waals surface area contributed by atoms with Gasteiger partial charge in [0.15, 0.2) is 23.1 Å². The second kappa shape index (κ2) is 7.18. The van der Waals surface area contributed by atoms with Crippen molar-refractivity contribution in [1.82, 2.24) is 0 Å². The average Bonchev–Trinajstić information content (AvgIpc) is 3.43. The van der Waals surface area contributed by atoms with Crippen LogP contribution in [0.15, 0.2) is 48.5 Å². The number of rotatable bonds is 4. The number of anilines is 1. The lowest BCUT2D eigenvalue weighted by Crippen LogP contribution is -2.48. The quantitative estimate of drug-likeness (QED) is 0.687. The van der Waals surface area contributed by atoms with E-state index in [1.165, 1.54) is 0 Å². The number of carbonyl (C=O) groups is 2. The first-order valence-electron chi connectivity index (χ1n) is 10.7. The molecule has 4 aliphatic heterocycles. The van der Waals surface area contributed by atoms with Crippen LogP contribution in [0.4, 0.5) is 5.69 Å². The van der Waals surface area contributed by atoms with Crippen molar-refractivity contribution in [3.05, 3.63) is 59.7 Å². The normalized spacial score (nSPS) is 31.7. The van der Waals surface area contributed by atoms with Crippen LogP contribution < -0.4 is 14.4 Å². The number of nitrogens with zero attached hydrogens (tertiary/aromatic N) is 1. The molecule has 7 nitrogen and oxygen atoms in total. The Morgan fingerprint density at radius 3 is 2.72 bits per heavy atom. The van der Waals surface area contributed by atoms with Crippen LogP contribution >= 0.6 is 0 Å². The molecule has 6 atom stereocenters. The Labute approximate surface area is 185 Å². The van der Waals surface area contributed by atoms with Gasteiger partial charge in [-0.3, -0.25) is 9.59 Å². The van der Waals surface area contributed by atoms with Gasteiger partial charge >= 0.3 is 0 Å². The van der Waals surface area contributed by atoms with Crippen molar-refractivity contribution in [2.75, 3.05) is 25.7 Å². The zero-order chi connectivity index (χ0) is 22.0. The Morgan fingerprint density at radius 2 is 1.91 bits per heavy atom. The maximum atomic E-state index is 14.0. The molecule has 0 aromatic heterocycles. The molecule has 0 N–H and O–H groups in total. The SMILES string of the molecule is COc1ccc(C(=O)C2[C@@H]3C4COC(O4)C(=O)[C@@H]3[C@H]3C=Cc4ccccc4N23)cc1OC. The number of Topliss-reactive ketones (excluding diaryl/α,β-unsaturated/α-hetero) is 2. The summed E-state index contributed by atoms with van der Waals surface area (Å²) in [6.45, 7) is 0.319. The van der Waals surface area contributed by atoms with Crippen LogP contribution in [0.3, 0.4) is 0 Å². The van der Waals surface area contributed by atoms with E-state index < -0.39 is 12.3 Å². The largest absolute Gasteiger partial charge is 0.493 e. The van der Waals surface area contributed by atoms with Crippen molar-refractivity contribution < 1.29 is 28.5 Å². The molecule has 32 heavy (non-hydrogen) atoms. The van der Waals surface area contributed by atoms with Gasteiger partial charge in [0.25, 0.3) is 0 Å². The van der Waals surface area contributed by atoms with Crippen molar-refractivity contribution in [2.24, 2.45) is 11.8 Å². The van der Waals surface area contributed by atoms with Crippen molar-refractivity contribution >= 4 is 23.3 Å². The Kier molecular flexibility index (Phi) is 4.38. The van der Waals surface area contributed by atoms with Crippen LogP contribution in [0, 0.1) is 11.8 Å². The molecular weight excluding hydrogens is 410 g/mol. The molecule has 6 rings (SSSR count). The molecule has 0 saturated carbocycles. The van der Waals surface area contributed by atoms with E-state index in [4.69, 9.17) is 18.9 Å². The summed E-state index contributed by atoms with van der Waals surface area (Å²) in [5.41, 5.74) is 2.49. The van der Waals surface area contributed by atoms with E-state index in [-0.39, 0.29) is 35.5 Å². The summed E-state index contributed by atoms with van der Waals surface area (Å²) in [5.74, 6) is 0.229. The van der Waals surface area contributed by atoms with Crippen LogP contribution in [0.2, 0.25) is 0 Å². The predicted molar refractivity (Wildman–Crippen MR) is 116 cm³/mol. The number of hydrogen-bond donors (Lipinski definition) is 0. The molecule has 3 fully saturated rings. The Morgan fingerprint density at radius 1 is 1.09 bits per heavy atom. The summed E-state index contributed by atoms with van der Waals surface area (Å²) in [5, 5.41) is 0. The number of hydrogen-bond acceptors (Lipinski definition) is 7. The standard InChI is InChI=1S/C25H23NO6/c1-29-17-10-8-14(11-18(17)30-2)23(27)22-21-19-12-31-25(32-19)24(28)20(21)16-9-7-13-5-3-4-6-15(13)26(16)22/h3-11,16,19-22,25H,12H2,1-2H3/t16-,19?,20-,21-,22?,25?/m1/s1. The van der Waals surface area contributed by atoms with E-state index >= 15 is 0 Å². The van der Waals surface area contributed by atoms with Gasteiger partial charge in [0.1, 0.15) is 0 Å². The highest BCUT2D eigenvalue weighted by atomic mass is 16.7. The van der Waals surface area contributed by atoms with Crippen molar-refractivity contribution in [1.29, 1.82) is 0 Å². The second-order valence-corrected chi connectivity index (χ2v) is 8.54. The number of ether oxygens (including phenoxy) is 4. The van der Waals surface area contributed by atoms with Gasteiger partial charge in [0.05, 0.1) is 44.9 Å². The third-order valence-corrected chi connectivity index (χ3v) is 7.09. The van der Waals surface area contributed by atoms with E-state index in [0.29, 0.717) is 23.7 Å². The van der Waals surface area contributed by atoms with E-state index in [0.717, 1.165) is 11.3 Å². The fourth-order valence-electron chi connectivity index (χ4n) is 5.74. The van der Waals surface area contributed by atoms with Crippen molar-refractivity contribution in [3.63, 3.8) is 0 Å². The third kappa shape index (κ3) is 2.61. The molecule has 2 bridgehead atoms. The lowest BCUT2D eigenvalue weighted by Gasteiger charge is -2.35. The molecule has 0 amide bonds. The minimum Gasteiger partial charge on any atom is -0.493 e. The highest BCUT2D eigenvalue weighted by Gasteiger charge is 2.63. The summed E-state index contributed by atoms with van der Waals surface area (Å²) in [6, 6.07) is 12.4. The van der Waals surface area contributed by atoms with Gasteiger partial charge in [-0.25, -0.2) is 0 Å². The van der Waals surface area contributed by atoms with Gasteiger partial charge in [0.2, 0.25) is 6.29 Å². The number of para-hydroxylation sites is 1. The van der Waals surface area contributed by atoms with E-state index in [1.807, 2.05) is 36.4 Å². The highest BCUT2D eigenvalue weighted by Crippen LogP contribution is 2.51. The first-order valence-corrected chi connectivity index (χ1v) is 10.7. The van der Waals surface area contributed by atoms with Gasteiger partial charge in [0, 0.05) is 17.2 Å². The zero-order valence-corrected chi connectivity index (χ0v) is 17.8. The maximum absolute atomic E-state index is 14.0. The minimum absolute atomic E-state index is 0.0738. The maximum Gasteiger partial charge on any atom is 0.218 e. The number of carbonyl (C=O) groups excluding carboxylic acids is 2. The molecule has 164 valence electrons. The summed E-state index contributed by atoms with van der Waals surface area (Å²) in [6.07, 6.45) is 2.96. The molecule has 2 aromatic carbocycles. The fraction of sp³-hybridized carbons (Fsp3) is 0.360. The number of fused-ring (bicyclic) bond motifs is 8. The molecule has 2 aromatic rings. The first kappa shape index (κ1) is 19.5. The molecule has 3 unspecified atom stereocenters. The van der Waals surface area contributed by atoms with Gasteiger partial charge < -0.3 is 23.8 Å². The highest BCUT2D eigenvalue weighted by molar-refractivity contribution is 6.05. The molecule has 3 saturated heterocycles. The van der Waals surface area contributed by atoms with Crippen LogP contribution in [0.5, 0.6) is 11.5 Å². The summed E-state index contributed by atoms with van der Waals surface area (Å²) < 4.78 is 22.3. The van der Waals surface area contributed by atoms with Crippen LogP contribution in [-0.4, -0.2) is 56.9 Å². The Hall–Kier alpha value is -3.16. The molecule has 4 aliphatic rings. The molecule has 0 radical (unpaired) electrons. The average molecular weight is 433 g/mol. The molecule has 0 aliphatic carbocycles. The topological polar surface area (TPSA) is 74.3 Å². The molecular formula is C25H23NO6. The Bertz CT molecular complexity index is 1140. The zero-order valence-electron chi connectivity index (χ0n) is 17.8. The third-order valence-electron chi connectivity index (χ3n) is 7.09.